The molecule has 0 aromatic rings. The maximum atomic E-state index is 4.00. The van der Waals surface area contributed by atoms with Crippen LogP contribution in [0.5, 0.6) is 0 Å². The Morgan fingerprint density at radius 3 is 2.09 bits per heavy atom. The standard InChI is InChI=1S/C10H21N/c1-7-9(4)11(6)10(5)8(2)3/h8,10H,4,7H2,1-3,5-6H3. The van der Waals surface area contributed by atoms with Crippen molar-refractivity contribution in [1.29, 1.82) is 0 Å². The van der Waals surface area contributed by atoms with E-state index < -0.39 is 0 Å². The van der Waals surface area contributed by atoms with E-state index >= 15 is 0 Å². The Morgan fingerprint density at radius 1 is 1.36 bits per heavy atom. The quantitative estimate of drug-likeness (QED) is 0.603. The summed E-state index contributed by atoms with van der Waals surface area (Å²) in [6.45, 7) is 12.9. The highest BCUT2D eigenvalue weighted by Crippen LogP contribution is 2.14. The van der Waals surface area contributed by atoms with E-state index in [4.69, 9.17) is 0 Å². The minimum Gasteiger partial charge on any atom is -0.375 e. The fraction of sp³-hybridized carbons (Fsp3) is 0.800. The van der Waals surface area contributed by atoms with E-state index in [0.717, 1.165) is 6.42 Å². The van der Waals surface area contributed by atoms with Crippen molar-refractivity contribution in [3.8, 4) is 0 Å². The van der Waals surface area contributed by atoms with Crippen LogP contribution in [-0.4, -0.2) is 18.0 Å². The van der Waals surface area contributed by atoms with Crippen molar-refractivity contribution in [2.75, 3.05) is 7.05 Å². The van der Waals surface area contributed by atoms with Crippen LogP contribution in [-0.2, 0) is 0 Å². The predicted molar refractivity (Wildman–Crippen MR) is 51.5 cm³/mol. The molecule has 0 aromatic carbocycles. The first-order valence-electron chi connectivity index (χ1n) is 4.41. The van der Waals surface area contributed by atoms with Gasteiger partial charge in [0.15, 0.2) is 0 Å². The zero-order valence-electron chi connectivity index (χ0n) is 8.52. The van der Waals surface area contributed by atoms with Crippen LogP contribution in [0.2, 0.25) is 0 Å². The molecule has 0 amide bonds. The second-order valence-corrected chi connectivity index (χ2v) is 3.52. The maximum absolute atomic E-state index is 4.00. The minimum absolute atomic E-state index is 0.599. The van der Waals surface area contributed by atoms with Crippen molar-refractivity contribution in [3.63, 3.8) is 0 Å². The van der Waals surface area contributed by atoms with E-state index in [1.165, 1.54) is 5.70 Å². The van der Waals surface area contributed by atoms with Crippen LogP contribution in [0.15, 0.2) is 12.3 Å². The topological polar surface area (TPSA) is 3.24 Å². The summed E-state index contributed by atoms with van der Waals surface area (Å²) in [7, 11) is 2.12. The molecule has 1 nitrogen and oxygen atoms in total. The number of nitrogens with zero attached hydrogens (tertiary/aromatic N) is 1. The third-order valence-electron chi connectivity index (χ3n) is 2.48. The number of hydrogen-bond donors (Lipinski definition) is 0. The zero-order chi connectivity index (χ0) is 9.02. The van der Waals surface area contributed by atoms with Gasteiger partial charge in [0.2, 0.25) is 0 Å². The van der Waals surface area contributed by atoms with Gasteiger partial charge in [-0.2, -0.15) is 0 Å². The smallest absolute Gasteiger partial charge is 0.0278 e. The third kappa shape index (κ3) is 2.96. The summed E-state index contributed by atoms with van der Waals surface area (Å²) >= 11 is 0. The van der Waals surface area contributed by atoms with Gasteiger partial charge in [-0.25, -0.2) is 0 Å². The van der Waals surface area contributed by atoms with Crippen molar-refractivity contribution >= 4 is 0 Å². The molecular formula is C10H21N. The Bertz CT molecular complexity index is 127. The molecule has 1 heteroatoms. The molecule has 0 fully saturated rings. The summed E-state index contributed by atoms with van der Waals surface area (Å²) in [5.74, 6) is 0.697. The van der Waals surface area contributed by atoms with Crippen LogP contribution in [0.4, 0.5) is 0 Å². The molecule has 0 aromatic heterocycles. The van der Waals surface area contributed by atoms with E-state index in [1.54, 1.807) is 0 Å². The molecule has 0 saturated heterocycles. The van der Waals surface area contributed by atoms with Gasteiger partial charge in [-0.3, -0.25) is 0 Å². The Labute approximate surface area is 71.1 Å². The van der Waals surface area contributed by atoms with Crippen LogP contribution in [0.25, 0.3) is 0 Å². The van der Waals surface area contributed by atoms with Gasteiger partial charge in [-0.1, -0.05) is 27.4 Å². The molecule has 0 radical (unpaired) electrons. The summed E-state index contributed by atoms with van der Waals surface area (Å²) < 4.78 is 0. The van der Waals surface area contributed by atoms with Crippen LogP contribution >= 0.6 is 0 Å². The lowest BCUT2D eigenvalue weighted by Gasteiger charge is -2.31. The average Bonchev–Trinajstić information content (AvgIpc) is 2.00. The summed E-state index contributed by atoms with van der Waals surface area (Å²) in [5.41, 5.74) is 1.23. The lowest BCUT2D eigenvalue weighted by atomic mass is 10.0. The lowest BCUT2D eigenvalue weighted by Crippen LogP contribution is -2.31. The van der Waals surface area contributed by atoms with Crippen LogP contribution in [0.1, 0.15) is 34.1 Å². The van der Waals surface area contributed by atoms with E-state index in [9.17, 15) is 0 Å². The van der Waals surface area contributed by atoms with Gasteiger partial charge in [0.25, 0.3) is 0 Å². The van der Waals surface area contributed by atoms with Gasteiger partial charge in [-0.05, 0) is 19.3 Å². The fourth-order valence-electron chi connectivity index (χ4n) is 0.985. The van der Waals surface area contributed by atoms with Gasteiger partial charge in [-0.15, -0.1) is 0 Å². The van der Waals surface area contributed by atoms with Crippen molar-refractivity contribution in [2.24, 2.45) is 5.92 Å². The molecule has 0 aliphatic rings. The van der Waals surface area contributed by atoms with E-state index in [1.807, 2.05) is 0 Å². The van der Waals surface area contributed by atoms with Gasteiger partial charge in [0.05, 0.1) is 0 Å². The summed E-state index contributed by atoms with van der Waals surface area (Å²) in [5, 5.41) is 0. The van der Waals surface area contributed by atoms with Crippen molar-refractivity contribution in [3.05, 3.63) is 12.3 Å². The van der Waals surface area contributed by atoms with E-state index in [0.29, 0.717) is 12.0 Å². The number of rotatable bonds is 4. The first-order chi connectivity index (χ1) is 5.00. The summed E-state index contributed by atoms with van der Waals surface area (Å²) in [4.78, 5) is 2.27. The van der Waals surface area contributed by atoms with Gasteiger partial charge < -0.3 is 4.90 Å². The van der Waals surface area contributed by atoms with E-state index in [2.05, 4.69) is 46.2 Å². The first-order valence-corrected chi connectivity index (χ1v) is 4.41. The molecule has 0 heterocycles. The molecule has 1 unspecified atom stereocenters. The van der Waals surface area contributed by atoms with E-state index in [-0.39, 0.29) is 0 Å². The second kappa shape index (κ2) is 4.42. The molecule has 0 rings (SSSR count). The van der Waals surface area contributed by atoms with Crippen molar-refractivity contribution in [1.82, 2.24) is 4.90 Å². The van der Waals surface area contributed by atoms with Crippen LogP contribution in [0.3, 0.4) is 0 Å². The molecule has 0 N–H and O–H groups in total. The molecule has 0 spiro atoms. The average molecular weight is 155 g/mol. The van der Waals surface area contributed by atoms with Crippen LogP contribution in [0, 0.1) is 5.92 Å². The second-order valence-electron chi connectivity index (χ2n) is 3.52. The Hall–Kier alpha value is -0.460. The highest BCUT2D eigenvalue weighted by Gasteiger charge is 2.12. The first kappa shape index (κ1) is 10.5. The Balaban J connectivity index is 4.01. The summed E-state index contributed by atoms with van der Waals surface area (Å²) in [6.07, 6.45) is 1.05. The van der Waals surface area contributed by atoms with Gasteiger partial charge >= 0.3 is 0 Å². The molecular weight excluding hydrogens is 134 g/mol. The Kier molecular flexibility index (Phi) is 4.24. The SMILES string of the molecule is C=C(CC)N(C)C(C)C(C)C. The lowest BCUT2D eigenvalue weighted by molar-refractivity contribution is 0.254. The maximum Gasteiger partial charge on any atom is 0.0278 e. The van der Waals surface area contributed by atoms with Crippen molar-refractivity contribution in [2.45, 2.75) is 40.2 Å². The third-order valence-corrected chi connectivity index (χ3v) is 2.48. The molecule has 0 aliphatic carbocycles. The van der Waals surface area contributed by atoms with Crippen molar-refractivity contribution < 1.29 is 0 Å². The molecule has 0 bridgehead atoms. The Morgan fingerprint density at radius 2 is 1.82 bits per heavy atom. The summed E-state index contributed by atoms with van der Waals surface area (Å²) in [6, 6.07) is 0.599. The normalized spacial score (nSPS) is 13.3. The zero-order valence-corrected chi connectivity index (χ0v) is 8.52. The van der Waals surface area contributed by atoms with Gasteiger partial charge in [0, 0.05) is 18.8 Å². The number of allylic oxidation sites excluding steroid dienone is 1. The number of hydrogen-bond acceptors (Lipinski definition) is 1. The highest BCUT2D eigenvalue weighted by molar-refractivity contribution is 4.93. The monoisotopic (exact) mass is 155 g/mol. The molecule has 11 heavy (non-hydrogen) atoms. The molecule has 0 saturated carbocycles. The largest absolute Gasteiger partial charge is 0.375 e. The predicted octanol–water partition coefficient (Wildman–Crippen LogP) is 2.89. The van der Waals surface area contributed by atoms with Crippen LogP contribution < -0.4 is 0 Å². The molecule has 1 atom stereocenters. The fourth-order valence-corrected chi connectivity index (χ4v) is 0.985. The molecule has 0 aliphatic heterocycles. The highest BCUT2D eigenvalue weighted by atomic mass is 15.1. The van der Waals surface area contributed by atoms with Gasteiger partial charge in [0.1, 0.15) is 0 Å². The molecule has 66 valence electrons. The minimum atomic E-state index is 0.599.